The molecule has 0 aliphatic carbocycles. The topological polar surface area (TPSA) is 50.4 Å². The Balaban J connectivity index is 2.56. The maximum Gasteiger partial charge on any atom is 0.0992 e. The summed E-state index contributed by atoms with van der Waals surface area (Å²) in [6.07, 6.45) is 0. The zero-order valence-corrected chi connectivity index (χ0v) is 10.6. The summed E-state index contributed by atoms with van der Waals surface area (Å²) in [5, 5.41) is 7.13. The van der Waals surface area contributed by atoms with Crippen LogP contribution in [0.4, 0.5) is 5.69 Å². The van der Waals surface area contributed by atoms with Crippen molar-refractivity contribution in [3.8, 4) is 0 Å². The Kier molecular flexibility index (Phi) is 3.63. The fraction of sp³-hybridized carbons (Fsp3) is 0.133. The van der Waals surface area contributed by atoms with Crippen molar-refractivity contribution in [3.05, 3.63) is 65.2 Å². The van der Waals surface area contributed by atoms with E-state index in [1.807, 2.05) is 43.4 Å². The Morgan fingerprint density at radius 2 is 1.83 bits per heavy atom. The molecule has 0 aliphatic heterocycles. The minimum atomic E-state index is 0.795. The van der Waals surface area contributed by atoms with Crippen LogP contribution in [0.2, 0.25) is 0 Å². The van der Waals surface area contributed by atoms with Gasteiger partial charge in [0.25, 0.3) is 0 Å². The molecule has 0 saturated heterocycles. The van der Waals surface area contributed by atoms with Gasteiger partial charge in [-0.25, -0.2) is 0 Å². The molecule has 0 amide bonds. The molecule has 2 aromatic carbocycles. The molecule has 0 aliphatic rings. The zero-order chi connectivity index (χ0) is 13.0. The maximum atomic E-state index is 5.57. The lowest BCUT2D eigenvalue weighted by atomic mass is 9.99. The second-order valence-corrected chi connectivity index (χ2v) is 4.14. The van der Waals surface area contributed by atoms with Crippen molar-refractivity contribution in [1.29, 1.82) is 0 Å². The molecule has 0 radical (unpaired) electrons. The second kappa shape index (κ2) is 5.36. The third-order valence-electron chi connectivity index (χ3n) is 2.88. The third kappa shape index (κ3) is 2.35. The van der Waals surface area contributed by atoms with Crippen molar-refractivity contribution in [2.45, 2.75) is 6.92 Å². The van der Waals surface area contributed by atoms with Gasteiger partial charge in [-0.1, -0.05) is 42.0 Å². The highest BCUT2D eigenvalue weighted by Crippen LogP contribution is 2.21. The number of aryl methyl sites for hydroxylation is 1. The predicted molar refractivity (Wildman–Crippen MR) is 77.0 cm³/mol. The highest BCUT2D eigenvalue weighted by molar-refractivity contribution is 6.15. The third-order valence-corrected chi connectivity index (χ3v) is 2.88. The SMILES string of the molecule is CNc1ccc(C)cc1C(=NN)c1ccccc1. The van der Waals surface area contributed by atoms with Crippen LogP contribution < -0.4 is 11.2 Å². The number of hydrogen-bond donors (Lipinski definition) is 2. The first-order chi connectivity index (χ1) is 8.76. The van der Waals surface area contributed by atoms with E-state index in [0.717, 1.165) is 22.5 Å². The average molecular weight is 239 g/mol. The Morgan fingerprint density at radius 1 is 1.11 bits per heavy atom. The highest BCUT2D eigenvalue weighted by atomic mass is 15.1. The van der Waals surface area contributed by atoms with E-state index in [-0.39, 0.29) is 0 Å². The van der Waals surface area contributed by atoms with Crippen LogP contribution in [0.5, 0.6) is 0 Å². The van der Waals surface area contributed by atoms with Crippen LogP contribution in [-0.2, 0) is 0 Å². The number of benzene rings is 2. The first kappa shape index (κ1) is 12.2. The van der Waals surface area contributed by atoms with Crippen molar-refractivity contribution < 1.29 is 0 Å². The highest BCUT2D eigenvalue weighted by Gasteiger charge is 2.11. The van der Waals surface area contributed by atoms with Crippen LogP contribution in [-0.4, -0.2) is 12.8 Å². The molecule has 3 N–H and O–H groups in total. The molecule has 0 spiro atoms. The van der Waals surface area contributed by atoms with Crippen molar-refractivity contribution in [2.24, 2.45) is 10.9 Å². The molecule has 92 valence electrons. The first-order valence-electron chi connectivity index (χ1n) is 5.88. The van der Waals surface area contributed by atoms with Crippen LogP contribution in [0.3, 0.4) is 0 Å². The molecule has 0 saturated carbocycles. The lowest BCUT2D eigenvalue weighted by Crippen LogP contribution is -2.09. The number of anilines is 1. The van der Waals surface area contributed by atoms with Gasteiger partial charge < -0.3 is 11.2 Å². The molecule has 0 heterocycles. The molecule has 3 heteroatoms. The van der Waals surface area contributed by atoms with Crippen LogP contribution in [0.25, 0.3) is 0 Å². The van der Waals surface area contributed by atoms with E-state index < -0.39 is 0 Å². The van der Waals surface area contributed by atoms with Crippen molar-refractivity contribution >= 4 is 11.4 Å². The number of nitrogens with zero attached hydrogens (tertiary/aromatic N) is 1. The lowest BCUT2D eigenvalue weighted by molar-refractivity contribution is 1.24. The normalized spacial score (nSPS) is 11.3. The van der Waals surface area contributed by atoms with Gasteiger partial charge in [-0.2, -0.15) is 5.10 Å². The minimum absolute atomic E-state index is 0.795. The Hall–Kier alpha value is -2.29. The van der Waals surface area contributed by atoms with Crippen molar-refractivity contribution in [3.63, 3.8) is 0 Å². The Labute approximate surface area is 107 Å². The van der Waals surface area contributed by atoms with E-state index in [9.17, 15) is 0 Å². The summed E-state index contributed by atoms with van der Waals surface area (Å²) in [6, 6.07) is 16.1. The van der Waals surface area contributed by atoms with Gasteiger partial charge in [-0.3, -0.25) is 0 Å². The van der Waals surface area contributed by atoms with Crippen LogP contribution >= 0.6 is 0 Å². The number of nitrogens with two attached hydrogens (primary N) is 1. The lowest BCUT2D eigenvalue weighted by Gasteiger charge is -2.12. The van der Waals surface area contributed by atoms with Crippen LogP contribution in [0.15, 0.2) is 53.6 Å². The molecule has 0 unspecified atom stereocenters. The number of hydrogen-bond acceptors (Lipinski definition) is 3. The van der Waals surface area contributed by atoms with Gasteiger partial charge in [0.1, 0.15) is 0 Å². The summed E-state index contributed by atoms with van der Waals surface area (Å²) in [7, 11) is 1.90. The van der Waals surface area contributed by atoms with Gasteiger partial charge in [-0.15, -0.1) is 0 Å². The van der Waals surface area contributed by atoms with E-state index in [1.54, 1.807) is 0 Å². The summed E-state index contributed by atoms with van der Waals surface area (Å²) in [6.45, 7) is 2.06. The maximum absolute atomic E-state index is 5.57. The van der Waals surface area contributed by atoms with E-state index in [0.29, 0.717) is 0 Å². The van der Waals surface area contributed by atoms with E-state index in [4.69, 9.17) is 5.84 Å². The van der Waals surface area contributed by atoms with Gasteiger partial charge >= 0.3 is 0 Å². The molecule has 2 aromatic rings. The molecular weight excluding hydrogens is 222 g/mol. The van der Waals surface area contributed by atoms with Gasteiger partial charge in [0.2, 0.25) is 0 Å². The molecule has 0 bridgehead atoms. The summed E-state index contributed by atoms with van der Waals surface area (Å²) in [5.41, 5.74) is 5.03. The molecule has 0 aromatic heterocycles. The second-order valence-electron chi connectivity index (χ2n) is 4.14. The first-order valence-corrected chi connectivity index (χ1v) is 5.88. The fourth-order valence-electron chi connectivity index (χ4n) is 1.97. The largest absolute Gasteiger partial charge is 0.388 e. The van der Waals surface area contributed by atoms with E-state index in [1.165, 1.54) is 5.56 Å². The number of hydrazone groups is 1. The van der Waals surface area contributed by atoms with Gasteiger partial charge in [-0.05, 0) is 19.1 Å². The fourth-order valence-corrected chi connectivity index (χ4v) is 1.97. The quantitative estimate of drug-likeness (QED) is 0.491. The standard InChI is InChI=1S/C15H17N3/c1-11-8-9-14(17-2)13(10-11)15(18-16)12-6-4-3-5-7-12/h3-10,17H,16H2,1-2H3. The van der Waals surface area contributed by atoms with Crippen molar-refractivity contribution in [1.82, 2.24) is 0 Å². The number of nitrogens with one attached hydrogen (secondary N) is 1. The Morgan fingerprint density at radius 3 is 2.44 bits per heavy atom. The Bertz CT molecular complexity index is 559. The molecule has 0 atom stereocenters. The van der Waals surface area contributed by atoms with Crippen molar-refractivity contribution in [2.75, 3.05) is 12.4 Å². The molecule has 2 rings (SSSR count). The summed E-state index contributed by atoms with van der Waals surface area (Å²) in [5.74, 6) is 5.57. The smallest absolute Gasteiger partial charge is 0.0992 e. The predicted octanol–water partition coefficient (Wildman–Crippen LogP) is 2.75. The van der Waals surface area contributed by atoms with E-state index >= 15 is 0 Å². The summed E-state index contributed by atoms with van der Waals surface area (Å²) in [4.78, 5) is 0. The minimum Gasteiger partial charge on any atom is -0.388 e. The molecule has 0 fully saturated rings. The zero-order valence-electron chi connectivity index (χ0n) is 10.6. The average Bonchev–Trinajstić information content (AvgIpc) is 2.41. The van der Waals surface area contributed by atoms with E-state index in [2.05, 4.69) is 29.5 Å². The molecular formula is C15H17N3. The van der Waals surface area contributed by atoms with Gasteiger partial charge in [0.05, 0.1) is 5.71 Å². The molecule has 3 nitrogen and oxygen atoms in total. The summed E-state index contributed by atoms with van der Waals surface area (Å²) >= 11 is 0. The van der Waals surface area contributed by atoms with Crippen LogP contribution in [0, 0.1) is 6.92 Å². The van der Waals surface area contributed by atoms with Crippen LogP contribution in [0.1, 0.15) is 16.7 Å². The van der Waals surface area contributed by atoms with Gasteiger partial charge in [0, 0.05) is 23.9 Å². The monoisotopic (exact) mass is 239 g/mol. The molecule has 18 heavy (non-hydrogen) atoms. The summed E-state index contributed by atoms with van der Waals surface area (Å²) < 4.78 is 0. The van der Waals surface area contributed by atoms with Gasteiger partial charge in [0.15, 0.2) is 0 Å². The number of rotatable bonds is 3.